The first-order valence-corrected chi connectivity index (χ1v) is 5.43. The molecule has 2 rings (SSSR count). The highest BCUT2D eigenvalue weighted by Crippen LogP contribution is 2.34. The molecular weight excluding hydrogens is 178 g/mol. The van der Waals surface area contributed by atoms with Crippen molar-refractivity contribution in [3.05, 3.63) is 0 Å². The van der Waals surface area contributed by atoms with Gasteiger partial charge in [0, 0.05) is 11.8 Å². The second-order valence-electron chi connectivity index (χ2n) is 3.33. The summed E-state index contributed by atoms with van der Waals surface area (Å²) in [6, 6.07) is 0.868. The van der Waals surface area contributed by atoms with E-state index in [1.54, 1.807) is 0 Å². The van der Waals surface area contributed by atoms with Crippen LogP contribution in [0, 0.1) is 5.92 Å². The molecule has 0 amide bonds. The van der Waals surface area contributed by atoms with Gasteiger partial charge in [0.25, 0.3) is 0 Å². The zero-order chi connectivity index (χ0) is 6.81. The molecule has 1 heterocycles. The molecule has 11 heavy (non-hydrogen) atoms. The molecule has 1 nitrogen and oxygen atoms in total. The molecule has 0 aromatic rings. The summed E-state index contributed by atoms with van der Waals surface area (Å²) in [5.74, 6) is 3.78. The lowest BCUT2D eigenvalue weighted by atomic mass is 10.2. The predicted octanol–water partition coefficient (Wildman–Crippen LogP) is 1.91. The highest BCUT2D eigenvalue weighted by Gasteiger charge is 2.30. The summed E-state index contributed by atoms with van der Waals surface area (Å²) < 4.78 is 0. The Balaban J connectivity index is 0.000000605. The van der Waals surface area contributed by atoms with Crippen LogP contribution in [0.3, 0.4) is 0 Å². The number of hydrogen-bond donors (Lipinski definition) is 1. The van der Waals surface area contributed by atoms with Crippen LogP contribution in [-0.2, 0) is 0 Å². The van der Waals surface area contributed by atoms with Gasteiger partial charge in [-0.1, -0.05) is 0 Å². The Labute approximate surface area is 79.1 Å². The van der Waals surface area contributed by atoms with Crippen LogP contribution in [0.2, 0.25) is 0 Å². The highest BCUT2D eigenvalue weighted by atomic mass is 35.5. The van der Waals surface area contributed by atoms with Crippen LogP contribution in [0.25, 0.3) is 0 Å². The van der Waals surface area contributed by atoms with E-state index in [9.17, 15) is 0 Å². The van der Waals surface area contributed by atoms with E-state index in [1.807, 2.05) is 0 Å². The Kier molecular flexibility index (Phi) is 4.04. The normalized spacial score (nSPS) is 32.2. The van der Waals surface area contributed by atoms with E-state index in [4.69, 9.17) is 0 Å². The third-order valence-electron chi connectivity index (χ3n) is 2.36. The van der Waals surface area contributed by atoms with Crippen molar-refractivity contribution < 1.29 is 0 Å². The molecular formula is C8H16ClNS. The van der Waals surface area contributed by atoms with Crippen LogP contribution in [-0.4, -0.2) is 24.1 Å². The molecule has 66 valence electrons. The highest BCUT2D eigenvalue weighted by molar-refractivity contribution is 7.99. The molecule has 1 N–H and O–H groups in total. The molecule has 1 atom stereocenters. The Morgan fingerprint density at radius 3 is 2.82 bits per heavy atom. The number of nitrogens with one attached hydrogen (secondary N) is 1. The van der Waals surface area contributed by atoms with Crippen LogP contribution in [0.15, 0.2) is 0 Å². The fourth-order valence-corrected chi connectivity index (χ4v) is 2.69. The van der Waals surface area contributed by atoms with Crippen LogP contribution >= 0.6 is 24.2 Å². The average Bonchev–Trinajstić information content (AvgIpc) is 2.76. The Morgan fingerprint density at radius 2 is 2.09 bits per heavy atom. The molecule has 1 aliphatic carbocycles. The molecule has 0 radical (unpaired) electrons. The molecule has 0 bridgehead atoms. The average molecular weight is 194 g/mol. The van der Waals surface area contributed by atoms with Gasteiger partial charge in [-0.15, -0.1) is 12.4 Å². The summed E-state index contributed by atoms with van der Waals surface area (Å²) in [6.45, 7) is 1.26. The quantitative estimate of drug-likeness (QED) is 0.683. The molecule has 0 spiro atoms. The Morgan fingerprint density at radius 1 is 1.27 bits per heavy atom. The largest absolute Gasteiger partial charge is 0.313 e. The van der Waals surface area contributed by atoms with Gasteiger partial charge in [0.15, 0.2) is 0 Å². The van der Waals surface area contributed by atoms with Gasteiger partial charge >= 0.3 is 0 Å². The summed E-state index contributed by atoms with van der Waals surface area (Å²) in [7, 11) is 0. The maximum atomic E-state index is 3.62. The van der Waals surface area contributed by atoms with Gasteiger partial charge in [-0.05, 0) is 37.5 Å². The first-order valence-electron chi connectivity index (χ1n) is 4.28. The summed E-state index contributed by atoms with van der Waals surface area (Å²) in [4.78, 5) is 0. The smallest absolute Gasteiger partial charge is 0.0186 e. The summed E-state index contributed by atoms with van der Waals surface area (Å²) >= 11 is 2.13. The molecule has 1 aliphatic heterocycles. The molecule has 0 aromatic heterocycles. The number of thioether (sulfide) groups is 1. The Hall–Kier alpha value is 0.600. The lowest BCUT2D eigenvalue weighted by molar-refractivity contribution is 0.511. The van der Waals surface area contributed by atoms with Crippen molar-refractivity contribution in [2.45, 2.75) is 25.3 Å². The third-order valence-corrected chi connectivity index (χ3v) is 3.53. The molecule has 1 saturated carbocycles. The Bertz CT molecular complexity index is 109. The third kappa shape index (κ3) is 2.85. The minimum absolute atomic E-state index is 0. The van der Waals surface area contributed by atoms with E-state index in [2.05, 4.69) is 17.1 Å². The fourth-order valence-electron chi connectivity index (χ4n) is 1.53. The van der Waals surface area contributed by atoms with Crippen LogP contribution in [0.5, 0.6) is 0 Å². The number of rotatable bonds is 1. The molecule has 0 aromatic carbocycles. The summed E-state index contributed by atoms with van der Waals surface area (Å²) in [5, 5.41) is 3.62. The topological polar surface area (TPSA) is 12.0 Å². The van der Waals surface area contributed by atoms with Crippen molar-refractivity contribution in [2.75, 3.05) is 18.1 Å². The molecule has 1 unspecified atom stereocenters. The zero-order valence-corrected chi connectivity index (χ0v) is 8.35. The van der Waals surface area contributed by atoms with Gasteiger partial charge in [0.2, 0.25) is 0 Å². The van der Waals surface area contributed by atoms with E-state index in [-0.39, 0.29) is 12.4 Å². The van der Waals surface area contributed by atoms with Crippen molar-refractivity contribution in [3.63, 3.8) is 0 Å². The van der Waals surface area contributed by atoms with Gasteiger partial charge in [-0.3, -0.25) is 0 Å². The van der Waals surface area contributed by atoms with Crippen molar-refractivity contribution in [2.24, 2.45) is 5.92 Å². The number of hydrogen-bond acceptors (Lipinski definition) is 2. The zero-order valence-electron chi connectivity index (χ0n) is 6.71. The van der Waals surface area contributed by atoms with Crippen molar-refractivity contribution >= 4 is 24.2 Å². The lowest BCUT2D eigenvalue weighted by Crippen LogP contribution is -2.32. The monoisotopic (exact) mass is 193 g/mol. The SMILES string of the molecule is C1CNC(C2CC2)CSC1.Cl. The first kappa shape index (κ1) is 9.69. The second-order valence-corrected chi connectivity index (χ2v) is 4.48. The minimum atomic E-state index is 0. The van der Waals surface area contributed by atoms with E-state index in [1.165, 1.54) is 37.3 Å². The minimum Gasteiger partial charge on any atom is -0.313 e. The van der Waals surface area contributed by atoms with Crippen molar-refractivity contribution in [1.82, 2.24) is 5.32 Å². The predicted molar refractivity (Wildman–Crippen MR) is 53.7 cm³/mol. The van der Waals surface area contributed by atoms with Crippen molar-refractivity contribution in [1.29, 1.82) is 0 Å². The lowest BCUT2D eigenvalue weighted by Gasteiger charge is -2.12. The molecule has 2 fully saturated rings. The van der Waals surface area contributed by atoms with E-state index in [0.29, 0.717) is 0 Å². The summed E-state index contributed by atoms with van der Waals surface area (Å²) in [5.41, 5.74) is 0. The molecule has 1 saturated heterocycles. The first-order chi connectivity index (χ1) is 4.97. The van der Waals surface area contributed by atoms with Gasteiger partial charge in [0.1, 0.15) is 0 Å². The standard InChI is InChI=1S/C8H15NS.ClH/c1-4-9-8(6-10-5-1)7-2-3-7;/h7-9H,1-6H2;1H. The maximum Gasteiger partial charge on any atom is 0.0186 e. The van der Waals surface area contributed by atoms with E-state index >= 15 is 0 Å². The molecule has 3 heteroatoms. The van der Waals surface area contributed by atoms with Crippen LogP contribution < -0.4 is 5.32 Å². The van der Waals surface area contributed by atoms with Gasteiger partial charge < -0.3 is 5.32 Å². The van der Waals surface area contributed by atoms with E-state index < -0.39 is 0 Å². The fraction of sp³-hybridized carbons (Fsp3) is 1.00. The summed E-state index contributed by atoms with van der Waals surface area (Å²) in [6.07, 6.45) is 4.34. The van der Waals surface area contributed by atoms with Gasteiger partial charge in [-0.25, -0.2) is 0 Å². The van der Waals surface area contributed by atoms with Crippen molar-refractivity contribution in [3.8, 4) is 0 Å². The van der Waals surface area contributed by atoms with Crippen LogP contribution in [0.4, 0.5) is 0 Å². The van der Waals surface area contributed by atoms with E-state index in [0.717, 1.165) is 12.0 Å². The number of halogens is 1. The van der Waals surface area contributed by atoms with Gasteiger partial charge in [0.05, 0.1) is 0 Å². The van der Waals surface area contributed by atoms with Gasteiger partial charge in [-0.2, -0.15) is 11.8 Å². The van der Waals surface area contributed by atoms with Crippen LogP contribution in [0.1, 0.15) is 19.3 Å². The maximum absolute atomic E-state index is 3.62. The molecule has 2 aliphatic rings. The second kappa shape index (κ2) is 4.58.